The van der Waals surface area contributed by atoms with Crippen LogP contribution in [0, 0.1) is 11.3 Å². The van der Waals surface area contributed by atoms with Crippen molar-refractivity contribution >= 4 is 6.03 Å². The highest BCUT2D eigenvalue weighted by Gasteiger charge is 2.36. The molecule has 9 heteroatoms. The van der Waals surface area contributed by atoms with Gasteiger partial charge in [0.1, 0.15) is 11.9 Å². The van der Waals surface area contributed by atoms with E-state index in [1.807, 2.05) is 54.3 Å². The number of nitrogens with zero attached hydrogens (tertiary/aromatic N) is 3. The maximum atomic E-state index is 12.3. The van der Waals surface area contributed by atoms with Crippen molar-refractivity contribution in [1.29, 1.82) is 5.26 Å². The second-order valence-corrected chi connectivity index (χ2v) is 9.38. The minimum absolute atomic E-state index is 0.00757. The second kappa shape index (κ2) is 12.7. The third-order valence-corrected chi connectivity index (χ3v) is 6.76. The van der Waals surface area contributed by atoms with E-state index in [0.29, 0.717) is 42.4 Å². The number of rotatable bonds is 10. The Morgan fingerprint density at radius 3 is 2.41 bits per heavy atom. The summed E-state index contributed by atoms with van der Waals surface area (Å²) >= 11 is 0. The summed E-state index contributed by atoms with van der Waals surface area (Å²) in [4.78, 5) is 16.6. The highest BCUT2D eigenvalue weighted by atomic mass is 16.5. The lowest BCUT2D eigenvalue weighted by molar-refractivity contribution is -0.128. The topological polar surface area (TPSA) is 96.3 Å². The Labute approximate surface area is 218 Å². The van der Waals surface area contributed by atoms with Crippen LogP contribution in [-0.2, 0) is 4.74 Å². The van der Waals surface area contributed by atoms with E-state index in [9.17, 15) is 10.1 Å². The summed E-state index contributed by atoms with van der Waals surface area (Å²) in [5.41, 5.74) is 1.64. The van der Waals surface area contributed by atoms with Gasteiger partial charge in [-0.1, -0.05) is 12.1 Å². The van der Waals surface area contributed by atoms with Crippen LogP contribution < -0.4 is 19.5 Å². The lowest BCUT2D eigenvalue weighted by atomic mass is 10.0. The highest BCUT2D eigenvalue weighted by molar-refractivity contribution is 5.74. The van der Waals surface area contributed by atoms with Crippen molar-refractivity contribution in [2.45, 2.75) is 38.1 Å². The van der Waals surface area contributed by atoms with Crippen LogP contribution in [-0.4, -0.2) is 81.5 Å². The second-order valence-electron chi connectivity index (χ2n) is 9.38. The molecule has 2 bridgehead atoms. The Hall–Kier alpha value is -3.48. The zero-order valence-electron chi connectivity index (χ0n) is 21.8. The van der Waals surface area contributed by atoms with E-state index in [0.717, 1.165) is 38.0 Å². The summed E-state index contributed by atoms with van der Waals surface area (Å²) in [6.45, 7) is 6.34. The van der Waals surface area contributed by atoms with Gasteiger partial charge in [-0.15, -0.1) is 0 Å². The Balaban J connectivity index is 1.38. The number of methoxy groups -OCH3 is 2. The van der Waals surface area contributed by atoms with Crippen molar-refractivity contribution in [3.05, 3.63) is 53.6 Å². The molecule has 2 aliphatic rings. The molecule has 2 saturated heterocycles. The Morgan fingerprint density at radius 1 is 1.08 bits per heavy atom. The van der Waals surface area contributed by atoms with Crippen molar-refractivity contribution < 1.29 is 23.7 Å². The average molecular weight is 509 g/mol. The SMILES string of the molecule is CCNC(=O)N1CC2CN(CCCC(Oc3ccc(OC)c(OC)c3)c3ccc(C#N)cc3)CC(C1)O2. The third kappa shape index (κ3) is 6.85. The first-order valence-corrected chi connectivity index (χ1v) is 12.8. The van der Waals surface area contributed by atoms with Crippen LogP contribution >= 0.6 is 0 Å². The van der Waals surface area contributed by atoms with Crippen molar-refractivity contribution in [3.8, 4) is 23.3 Å². The molecule has 0 aromatic heterocycles. The maximum absolute atomic E-state index is 12.3. The number of amides is 2. The fourth-order valence-corrected chi connectivity index (χ4v) is 5.01. The van der Waals surface area contributed by atoms with Crippen molar-refractivity contribution in [2.75, 3.05) is 53.5 Å². The lowest BCUT2D eigenvalue weighted by Crippen LogP contribution is -2.61. The van der Waals surface area contributed by atoms with Gasteiger partial charge in [0, 0.05) is 38.8 Å². The van der Waals surface area contributed by atoms with Crippen molar-refractivity contribution in [3.63, 3.8) is 0 Å². The van der Waals surface area contributed by atoms with Gasteiger partial charge in [-0.05, 0) is 56.1 Å². The van der Waals surface area contributed by atoms with Crippen molar-refractivity contribution in [2.24, 2.45) is 0 Å². The average Bonchev–Trinajstić information content (AvgIpc) is 2.92. The summed E-state index contributed by atoms with van der Waals surface area (Å²) in [5.74, 6) is 1.95. The highest BCUT2D eigenvalue weighted by Crippen LogP contribution is 2.34. The molecule has 2 heterocycles. The number of nitriles is 1. The summed E-state index contributed by atoms with van der Waals surface area (Å²) in [5, 5.41) is 12.1. The van der Waals surface area contributed by atoms with E-state index in [2.05, 4.69) is 16.3 Å². The fourth-order valence-electron chi connectivity index (χ4n) is 5.01. The van der Waals surface area contributed by atoms with Gasteiger partial charge in [-0.25, -0.2) is 4.79 Å². The molecule has 0 spiro atoms. The first-order valence-electron chi connectivity index (χ1n) is 12.8. The third-order valence-electron chi connectivity index (χ3n) is 6.76. The largest absolute Gasteiger partial charge is 0.493 e. The van der Waals surface area contributed by atoms with Crippen LogP contribution in [0.1, 0.15) is 37.0 Å². The zero-order valence-corrected chi connectivity index (χ0v) is 21.8. The molecule has 3 atom stereocenters. The van der Waals surface area contributed by atoms with Crippen LogP contribution in [0.4, 0.5) is 4.79 Å². The number of carbonyl (C=O) groups is 1. The predicted octanol–water partition coefficient (Wildman–Crippen LogP) is 3.59. The van der Waals surface area contributed by atoms with Crippen LogP contribution in [0.15, 0.2) is 42.5 Å². The smallest absolute Gasteiger partial charge is 0.317 e. The predicted molar refractivity (Wildman–Crippen MR) is 139 cm³/mol. The molecule has 0 aliphatic carbocycles. The number of ether oxygens (including phenoxy) is 4. The number of morpholine rings is 2. The molecule has 9 nitrogen and oxygen atoms in total. The molecule has 4 rings (SSSR count). The van der Waals surface area contributed by atoms with Gasteiger partial charge in [0.05, 0.1) is 38.1 Å². The summed E-state index contributed by atoms with van der Waals surface area (Å²) < 4.78 is 23.3. The Morgan fingerprint density at radius 2 is 1.78 bits per heavy atom. The number of urea groups is 1. The van der Waals surface area contributed by atoms with Gasteiger partial charge in [-0.3, -0.25) is 4.90 Å². The van der Waals surface area contributed by atoms with E-state index in [-0.39, 0.29) is 24.3 Å². The Bertz CT molecular complexity index is 1070. The molecule has 2 amide bonds. The van der Waals surface area contributed by atoms with Crippen molar-refractivity contribution in [1.82, 2.24) is 15.1 Å². The van der Waals surface area contributed by atoms with E-state index in [1.54, 1.807) is 14.2 Å². The van der Waals surface area contributed by atoms with Gasteiger partial charge in [0.2, 0.25) is 0 Å². The molecule has 3 unspecified atom stereocenters. The first kappa shape index (κ1) is 26.6. The van der Waals surface area contributed by atoms with E-state index >= 15 is 0 Å². The van der Waals surface area contributed by atoms with Gasteiger partial charge in [0.25, 0.3) is 0 Å². The molecule has 2 aromatic carbocycles. The molecule has 2 aromatic rings. The van der Waals surface area contributed by atoms with E-state index < -0.39 is 0 Å². The number of fused-ring (bicyclic) bond motifs is 2. The zero-order chi connectivity index (χ0) is 26.2. The summed E-state index contributed by atoms with van der Waals surface area (Å²) in [6.07, 6.45) is 1.62. The van der Waals surface area contributed by atoms with Crippen LogP contribution in [0.5, 0.6) is 17.2 Å². The molecule has 2 aliphatic heterocycles. The quantitative estimate of drug-likeness (QED) is 0.524. The number of nitrogens with one attached hydrogen (secondary N) is 1. The van der Waals surface area contributed by atoms with E-state index in [1.165, 1.54) is 0 Å². The van der Waals surface area contributed by atoms with Crippen LogP contribution in [0.3, 0.4) is 0 Å². The van der Waals surface area contributed by atoms with Crippen LogP contribution in [0.2, 0.25) is 0 Å². The minimum Gasteiger partial charge on any atom is -0.493 e. The number of hydrogen-bond acceptors (Lipinski definition) is 7. The van der Waals surface area contributed by atoms with Gasteiger partial charge < -0.3 is 29.2 Å². The molecule has 0 radical (unpaired) electrons. The number of carbonyl (C=O) groups excluding carboxylic acids is 1. The normalized spacial score (nSPS) is 20.0. The lowest BCUT2D eigenvalue weighted by Gasteiger charge is -2.45. The molecule has 198 valence electrons. The first-order chi connectivity index (χ1) is 18.0. The van der Waals surface area contributed by atoms with E-state index in [4.69, 9.17) is 18.9 Å². The van der Waals surface area contributed by atoms with Gasteiger partial charge >= 0.3 is 6.03 Å². The molecular weight excluding hydrogens is 472 g/mol. The molecule has 1 N–H and O–H groups in total. The summed E-state index contributed by atoms with van der Waals surface area (Å²) in [7, 11) is 3.21. The molecule has 2 fully saturated rings. The minimum atomic E-state index is -0.181. The number of hydrogen-bond donors (Lipinski definition) is 1. The van der Waals surface area contributed by atoms with Gasteiger partial charge in [-0.2, -0.15) is 5.26 Å². The molecule has 0 saturated carbocycles. The fraction of sp³-hybridized carbons (Fsp3) is 0.500. The summed E-state index contributed by atoms with van der Waals surface area (Å²) in [6, 6.07) is 15.3. The molecule has 37 heavy (non-hydrogen) atoms. The Kier molecular flexibility index (Phi) is 9.09. The van der Waals surface area contributed by atoms with Crippen LogP contribution in [0.25, 0.3) is 0 Å². The molecular formula is C28H36N4O5. The number of benzene rings is 2. The maximum Gasteiger partial charge on any atom is 0.317 e. The van der Waals surface area contributed by atoms with Gasteiger partial charge in [0.15, 0.2) is 11.5 Å². The monoisotopic (exact) mass is 508 g/mol. The standard InChI is InChI=1S/C28H36N4O5/c1-4-30-28(33)32-18-23-16-31(17-24(19-32)36-23)13-5-6-25(21-9-7-20(15-29)8-10-21)37-22-11-12-26(34-2)27(14-22)35-3/h7-12,14,23-25H,4-6,13,16-19H2,1-3H3,(H,30,33).